The van der Waals surface area contributed by atoms with Crippen LogP contribution < -0.4 is 0 Å². The van der Waals surface area contributed by atoms with Crippen LogP contribution in [0, 0.1) is 0 Å². The van der Waals surface area contributed by atoms with E-state index in [-0.39, 0.29) is 31.1 Å². The summed E-state index contributed by atoms with van der Waals surface area (Å²) in [7, 11) is 0. The number of carbonyl (C=O) groups is 3. The van der Waals surface area contributed by atoms with Crippen LogP contribution in [-0.4, -0.2) is 37.2 Å². The van der Waals surface area contributed by atoms with Crippen LogP contribution in [0.4, 0.5) is 0 Å². The highest BCUT2D eigenvalue weighted by Gasteiger charge is 2.20. The van der Waals surface area contributed by atoms with Crippen LogP contribution in [0.3, 0.4) is 0 Å². The van der Waals surface area contributed by atoms with E-state index in [0.717, 1.165) is 77.0 Å². The van der Waals surface area contributed by atoms with Crippen LogP contribution in [-0.2, 0) is 28.6 Å². The molecule has 482 valence electrons. The first-order valence-corrected chi connectivity index (χ1v) is 37.0. The predicted molar refractivity (Wildman–Crippen MR) is 358 cm³/mol. The van der Waals surface area contributed by atoms with Crippen molar-refractivity contribution in [2.24, 2.45) is 0 Å². The second kappa shape index (κ2) is 71.1. The Labute approximate surface area is 512 Å². The van der Waals surface area contributed by atoms with E-state index in [1.54, 1.807) is 0 Å². The number of carbonyl (C=O) groups excluding carboxylic acids is 3. The molecule has 1 unspecified atom stereocenters. The van der Waals surface area contributed by atoms with Crippen LogP contribution in [0.25, 0.3) is 0 Å². The number of ether oxygens (including phenoxy) is 3. The highest BCUT2D eigenvalue weighted by molar-refractivity contribution is 5.71. The fourth-order valence-electron chi connectivity index (χ4n) is 11.3. The molecule has 0 saturated carbocycles. The molecule has 0 aromatic heterocycles. The summed E-state index contributed by atoms with van der Waals surface area (Å²) in [5.41, 5.74) is 0. The molecule has 82 heavy (non-hydrogen) atoms. The Morgan fingerprint density at radius 1 is 0.244 bits per heavy atom. The highest BCUT2D eigenvalue weighted by Crippen LogP contribution is 2.19. The average molecular weight is 1150 g/mol. The number of unbranched alkanes of at least 4 members (excludes halogenated alkanes) is 52. The van der Waals surface area contributed by atoms with Gasteiger partial charge in [-0.05, 0) is 57.8 Å². The minimum atomic E-state index is -0.774. The van der Waals surface area contributed by atoms with Gasteiger partial charge in [0.2, 0.25) is 0 Å². The van der Waals surface area contributed by atoms with Gasteiger partial charge in [0.25, 0.3) is 0 Å². The summed E-state index contributed by atoms with van der Waals surface area (Å²) in [6.07, 6.45) is 88.9. The Balaban J connectivity index is 4.32. The smallest absolute Gasteiger partial charge is 0.306 e. The lowest BCUT2D eigenvalue weighted by Gasteiger charge is -2.18. The Kier molecular flexibility index (Phi) is 69.1. The minimum Gasteiger partial charge on any atom is -0.462 e. The molecule has 0 N–H and O–H groups in total. The summed E-state index contributed by atoms with van der Waals surface area (Å²) in [5, 5.41) is 0. The molecule has 0 heterocycles. The van der Waals surface area contributed by atoms with E-state index in [0.29, 0.717) is 19.3 Å². The maximum atomic E-state index is 13.0. The van der Waals surface area contributed by atoms with Crippen molar-refractivity contribution in [1.29, 1.82) is 0 Å². The molecule has 6 heteroatoms. The second-order valence-electron chi connectivity index (χ2n) is 25.2. The lowest BCUT2D eigenvalue weighted by molar-refractivity contribution is -0.167. The fraction of sp³-hybridized carbons (Fsp3) is 0.882. The van der Waals surface area contributed by atoms with Crippen LogP contribution in [0.2, 0.25) is 0 Å². The molecule has 6 nitrogen and oxygen atoms in total. The summed E-state index contributed by atoms with van der Waals surface area (Å²) in [4.78, 5) is 38.5. The zero-order valence-electron chi connectivity index (χ0n) is 55.5. The number of esters is 3. The minimum absolute atomic E-state index is 0.0680. The van der Waals surface area contributed by atoms with Gasteiger partial charge in [0.15, 0.2) is 6.10 Å². The lowest BCUT2D eigenvalue weighted by atomic mass is 10.0. The molecule has 0 amide bonds. The van der Waals surface area contributed by atoms with Crippen LogP contribution in [0.15, 0.2) is 36.5 Å². The van der Waals surface area contributed by atoms with E-state index in [9.17, 15) is 14.4 Å². The van der Waals surface area contributed by atoms with Crippen LogP contribution in [0.1, 0.15) is 412 Å². The summed E-state index contributed by atoms with van der Waals surface area (Å²) in [6, 6.07) is 0. The van der Waals surface area contributed by atoms with E-state index in [1.165, 1.54) is 295 Å². The quantitative estimate of drug-likeness (QED) is 0.0261. The van der Waals surface area contributed by atoms with Gasteiger partial charge >= 0.3 is 17.9 Å². The molecule has 0 aliphatic rings. The first-order valence-electron chi connectivity index (χ1n) is 37.0. The Bertz CT molecular complexity index is 1370. The van der Waals surface area contributed by atoms with Crippen molar-refractivity contribution in [3.8, 4) is 0 Å². The van der Waals surface area contributed by atoms with Crippen molar-refractivity contribution in [3.63, 3.8) is 0 Å². The molecule has 0 aliphatic heterocycles. The van der Waals surface area contributed by atoms with Crippen molar-refractivity contribution in [2.75, 3.05) is 13.2 Å². The van der Waals surface area contributed by atoms with Gasteiger partial charge in [-0.1, -0.05) is 372 Å². The molecule has 1 atom stereocenters. The first-order chi connectivity index (χ1) is 40.5. The third-order valence-electron chi connectivity index (χ3n) is 16.9. The zero-order chi connectivity index (χ0) is 59.2. The summed E-state index contributed by atoms with van der Waals surface area (Å²) in [6.45, 7) is 6.72. The monoisotopic (exact) mass is 1150 g/mol. The van der Waals surface area contributed by atoms with E-state index in [1.807, 2.05) is 0 Å². The standard InChI is InChI=1S/C76H142O6/c1-4-7-10-13-16-19-22-25-28-31-34-36-38-40-42-45-48-51-54-57-60-63-66-69-75(78)81-72-73(71-80-74(77)68-65-62-59-56-53-50-47-44-41-33-30-27-24-21-18-15-12-9-6-3)82-76(79)70-67-64-61-58-55-52-49-46-43-39-37-35-32-29-26-23-20-17-14-11-8-5-2/h22,25,31,34,38,40,73H,4-21,23-24,26-30,32-33,35-37,39,41-72H2,1-3H3/b25-22-,34-31-,40-38-. The first kappa shape index (κ1) is 79.6. The van der Waals surface area contributed by atoms with E-state index in [4.69, 9.17) is 14.2 Å². The van der Waals surface area contributed by atoms with Crippen molar-refractivity contribution in [2.45, 2.75) is 419 Å². The van der Waals surface area contributed by atoms with Gasteiger partial charge in [-0.2, -0.15) is 0 Å². The van der Waals surface area contributed by atoms with Crippen molar-refractivity contribution >= 4 is 17.9 Å². The normalized spacial score (nSPS) is 12.2. The summed E-state index contributed by atoms with van der Waals surface area (Å²) >= 11 is 0. The molecule has 0 saturated heterocycles. The Morgan fingerprint density at radius 3 is 0.683 bits per heavy atom. The average Bonchev–Trinajstić information content (AvgIpc) is 3.48. The van der Waals surface area contributed by atoms with Gasteiger partial charge < -0.3 is 14.2 Å². The van der Waals surface area contributed by atoms with E-state index < -0.39 is 6.10 Å². The molecule has 0 spiro atoms. The second-order valence-corrected chi connectivity index (χ2v) is 25.2. The molecule has 0 bridgehead atoms. The molecule has 0 aromatic rings. The van der Waals surface area contributed by atoms with Gasteiger partial charge in [-0.25, -0.2) is 0 Å². The van der Waals surface area contributed by atoms with Gasteiger partial charge in [0, 0.05) is 19.3 Å². The maximum Gasteiger partial charge on any atom is 0.306 e. The number of allylic oxidation sites excluding steroid dienone is 6. The van der Waals surface area contributed by atoms with Crippen LogP contribution >= 0.6 is 0 Å². The Hall–Kier alpha value is -2.37. The third kappa shape index (κ3) is 68.4. The SMILES string of the molecule is CCCCCCC/C=C\C/C=C\C/C=C\CCCCCCCCCCC(=O)OCC(COC(=O)CCCCCCCCCCCCCCCCCCCCC)OC(=O)CCCCCCCCCCCCCCCCCCCCCCCC. The van der Waals surface area contributed by atoms with Gasteiger partial charge in [0.05, 0.1) is 0 Å². The largest absolute Gasteiger partial charge is 0.462 e. The fourth-order valence-corrected chi connectivity index (χ4v) is 11.3. The van der Waals surface area contributed by atoms with Crippen molar-refractivity contribution in [3.05, 3.63) is 36.5 Å². The van der Waals surface area contributed by atoms with E-state index in [2.05, 4.69) is 57.2 Å². The van der Waals surface area contributed by atoms with Gasteiger partial charge in [-0.3, -0.25) is 14.4 Å². The number of rotatable bonds is 69. The Morgan fingerprint density at radius 2 is 0.439 bits per heavy atom. The predicted octanol–water partition coefficient (Wildman–Crippen LogP) is 25.5. The highest BCUT2D eigenvalue weighted by atomic mass is 16.6. The molecule has 0 rings (SSSR count). The van der Waals surface area contributed by atoms with Crippen molar-refractivity contribution < 1.29 is 28.6 Å². The molecular formula is C76H142O6. The zero-order valence-corrected chi connectivity index (χ0v) is 55.5. The maximum absolute atomic E-state index is 13.0. The molecule has 0 aliphatic carbocycles. The molecule has 0 aromatic carbocycles. The van der Waals surface area contributed by atoms with E-state index >= 15 is 0 Å². The summed E-state index contributed by atoms with van der Waals surface area (Å²) < 4.78 is 17.0. The number of hydrogen-bond donors (Lipinski definition) is 0. The van der Waals surface area contributed by atoms with Crippen molar-refractivity contribution in [1.82, 2.24) is 0 Å². The lowest BCUT2D eigenvalue weighted by Crippen LogP contribution is -2.30. The third-order valence-corrected chi connectivity index (χ3v) is 16.9. The van der Waals surface area contributed by atoms with Gasteiger partial charge in [-0.15, -0.1) is 0 Å². The van der Waals surface area contributed by atoms with Gasteiger partial charge in [0.1, 0.15) is 13.2 Å². The molecule has 0 fully saturated rings. The topological polar surface area (TPSA) is 78.9 Å². The summed E-state index contributed by atoms with van der Waals surface area (Å²) in [5.74, 6) is -0.840. The molecule has 0 radical (unpaired) electrons. The van der Waals surface area contributed by atoms with Crippen LogP contribution in [0.5, 0.6) is 0 Å². The number of hydrogen-bond acceptors (Lipinski definition) is 6. The molecular weight excluding hydrogens is 1010 g/mol.